The Morgan fingerprint density at radius 3 is 1.72 bits per heavy atom. The van der Waals surface area contributed by atoms with Crippen LogP contribution in [0.2, 0.25) is 0 Å². The normalized spacial score (nSPS) is 13.0. The van der Waals surface area contributed by atoms with Gasteiger partial charge in [0.15, 0.2) is 28.8 Å². The summed E-state index contributed by atoms with van der Waals surface area (Å²) in [6.07, 6.45) is 0. The second-order valence-electron chi connectivity index (χ2n) is 15.6. The molecular formula is C57H36N2O2. The van der Waals surface area contributed by atoms with E-state index in [4.69, 9.17) is 19.4 Å². The summed E-state index contributed by atoms with van der Waals surface area (Å²) in [6, 6.07) is 76.5. The first-order valence-corrected chi connectivity index (χ1v) is 20.6. The van der Waals surface area contributed by atoms with Crippen LogP contribution < -0.4 is 9.47 Å². The highest BCUT2D eigenvalue weighted by Crippen LogP contribution is 2.63. The van der Waals surface area contributed by atoms with E-state index in [9.17, 15) is 0 Å². The van der Waals surface area contributed by atoms with Gasteiger partial charge >= 0.3 is 0 Å². The van der Waals surface area contributed by atoms with Gasteiger partial charge in [-0.1, -0.05) is 194 Å². The minimum absolute atomic E-state index is 0.564. The van der Waals surface area contributed by atoms with Gasteiger partial charge in [0.2, 0.25) is 0 Å². The monoisotopic (exact) mass is 780 g/mol. The van der Waals surface area contributed by atoms with Gasteiger partial charge in [0, 0.05) is 27.8 Å². The van der Waals surface area contributed by atoms with Gasteiger partial charge in [-0.15, -0.1) is 0 Å². The van der Waals surface area contributed by atoms with E-state index in [2.05, 4.69) is 188 Å². The van der Waals surface area contributed by atoms with Crippen LogP contribution in [0.25, 0.3) is 66.9 Å². The first kappa shape index (κ1) is 34.9. The van der Waals surface area contributed by atoms with E-state index in [-0.39, 0.29) is 0 Å². The minimum Gasteiger partial charge on any atom is -0.449 e. The number of nitrogens with zero attached hydrogens (tertiary/aromatic N) is 2. The van der Waals surface area contributed by atoms with Crippen molar-refractivity contribution in [2.24, 2.45) is 0 Å². The van der Waals surface area contributed by atoms with E-state index in [1.165, 1.54) is 22.1 Å². The molecule has 4 heteroatoms. The Labute approximate surface area is 354 Å². The van der Waals surface area contributed by atoms with Gasteiger partial charge in [-0.2, -0.15) is 0 Å². The smallest absolute Gasteiger partial charge is 0.178 e. The highest BCUT2D eigenvalue weighted by atomic mass is 16.6. The average molecular weight is 781 g/mol. The van der Waals surface area contributed by atoms with Crippen LogP contribution in [-0.2, 0) is 5.41 Å². The van der Waals surface area contributed by atoms with Gasteiger partial charge in [0.05, 0.1) is 16.8 Å². The zero-order valence-corrected chi connectivity index (χ0v) is 33.0. The molecule has 9 aromatic carbocycles. The molecule has 1 aliphatic heterocycles. The van der Waals surface area contributed by atoms with Crippen LogP contribution in [0.4, 0.5) is 0 Å². The van der Waals surface area contributed by atoms with Crippen LogP contribution in [0.15, 0.2) is 218 Å². The summed E-state index contributed by atoms with van der Waals surface area (Å²) >= 11 is 0. The fraction of sp³-hybridized carbons (Fsp3) is 0.0175. The average Bonchev–Trinajstić information content (AvgIpc) is 3.65. The lowest BCUT2D eigenvalue weighted by Gasteiger charge is -2.34. The highest BCUT2D eigenvalue weighted by molar-refractivity contribution is 5.94. The first-order valence-electron chi connectivity index (χ1n) is 20.6. The molecular weight excluding hydrogens is 745 g/mol. The Morgan fingerprint density at radius 1 is 0.344 bits per heavy atom. The molecule has 0 saturated heterocycles. The third-order valence-electron chi connectivity index (χ3n) is 12.2. The molecule has 0 bridgehead atoms. The van der Waals surface area contributed by atoms with Gasteiger partial charge in [-0.05, 0) is 68.4 Å². The number of aromatic nitrogens is 2. The second kappa shape index (κ2) is 14.0. The highest BCUT2D eigenvalue weighted by Gasteiger charge is 2.48. The van der Waals surface area contributed by atoms with Crippen molar-refractivity contribution in [3.8, 4) is 79.2 Å². The SMILES string of the molecule is c1ccc(-c2nc(-c3ccc4ccccc4c3)cc(-c3ccccc3-c3cccc4c3Oc3c(ccc5c3-c3ccccc3C5(c3ccccc3)c3ccccc3)O4)n2)cc1. The quantitative estimate of drug-likeness (QED) is 0.169. The Morgan fingerprint density at radius 2 is 0.951 bits per heavy atom. The Balaban J connectivity index is 1.03. The molecule has 0 N–H and O–H groups in total. The lowest BCUT2D eigenvalue weighted by Crippen LogP contribution is -2.28. The summed E-state index contributed by atoms with van der Waals surface area (Å²) in [5, 5.41) is 2.35. The first-order chi connectivity index (χ1) is 30.2. The zero-order valence-electron chi connectivity index (χ0n) is 33.0. The minimum atomic E-state index is -0.564. The Kier molecular flexibility index (Phi) is 8.04. The topological polar surface area (TPSA) is 44.2 Å². The predicted molar refractivity (Wildman–Crippen MR) is 245 cm³/mol. The lowest BCUT2D eigenvalue weighted by atomic mass is 9.68. The van der Waals surface area contributed by atoms with Crippen molar-refractivity contribution < 1.29 is 9.47 Å². The van der Waals surface area contributed by atoms with Crippen LogP contribution in [0.1, 0.15) is 22.3 Å². The van der Waals surface area contributed by atoms with Crippen LogP contribution >= 0.6 is 0 Å². The maximum absolute atomic E-state index is 7.29. The second-order valence-corrected chi connectivity index (χ2v) is 15.6. The van der Waals surface area contributed by atoms with Gasteiger partial charge in [-0.3, -0.25) is 0 Å². The number of rotatable bonds is 6. The molecule has 2 aliphatic rings. The van der Waals surface area contributed by atoms with Gasteiger partial charge in [-0.25, -0.2) is 9.97 Å². The van der Waals surface area contributed by atoms with E-state index >= 15 is 0 Å². The van der Waals surface area contributed by atoms with E-state index in [1.54, 1.807) is 0 Å². The third-order valence-corrected chi connectivity index (χ3v) is 12.2. The zero-order chi connectivity index (χ0) is 40.3. The van der Waals surface area contributed by atoms with Crippen LogP contribution in [0, 0.1) is 0 Å². The molecule has 0 spiro atoms. The van der Waals surface area contributed by atoms with Crippen LogP contribution in [-0.4, -0.2) is 9.97 Å². The molecule has 61 heavy (non-hydrogen) atoms. The molecule has 2 heterocycles. The van der Waals surface area contributed by atoms with Crippen LogP contribution in [0.3, 0.4) is 0 Å². The molecule has 0 radical (unpaired) electrons. The van der Waals surface area contributed by atoms with Crippen molar-refractivity contribution in [2.75, 3.05) is 0 Å². The van der Waals surface area contributed by atoms with E-state index < -0.39 is 5.41 Å². The molecule has 4 nitrogen and oxygen atoms in total. The standard InChI is InChI=1S/C57H36N2O2/c1-4-18-38(19-5-1)56-58-49(40-32-31-37-17-10-11-20-39(37)35-40)36-50(59-56)44-26-13-12-25-43(44)45-28-16-30-51-54(45)61-55-52(60-51)34-33-48-53(55)46-27-14-15-29-47(46)57(48,41-21-6-2-7-22-41)42-23-8-3-9-24-42/h1-36H. The van der Waals surface area contributed by atoms with E-state index in [0.29, 0.717) is 28.8 Å². The molecule has 12 rings (SSSR count). The molecule has 0 atom stereocenters. The number of hydrogen-bond acceptors (Lipinski definition) is 4. The van der Waals surface area contributed by atoms with E-state index in [1.807, 2.05) is 30.3 Å². The molecule has 0 saturated carbocycles. The van der Waals surface area contributed by atoms with Crippen molar-refractivity contribution in [3.05, 3.63) is 241 Å². The van der Waals surface area contributed by atoms with Crippen molar-refractivity contribution in [2.45, 2.75) is 5.41 Å². The van der Waals surface area contributed by atoms with Crippen molar-refractivity contribution >= 4 is 10.8 Å². The number of benzene rings is 9. The van der Waals surface area contributed by atoms with Gasteiger partial charge in [0.25, 0.3) is 0 Å². The summed E-state index contributed by atoms with van der Waals surface area (Å²) in [6.45, 7) is 0. The van der Waals surface area contributed by atoms with Crippen molar-refractivity contribution in [3.63, 3.8) is 0 Å². The summed E-state index contributed by atoms with van der Waals surface area (Å²) in [5.74, 6) is 3.38. The molecule has 1 aromatic heterocycles. The summed E-state index contributed by atoms with van der Waals surface area (Å²) in [5.41, 5.74) is 12.9. The van der Waals surface area contributed by atoms with Crippen molar-refractivity contribution in [1.82, 2.24) is 9.97 Å². The molecule has 286 valence electrons. The van der Waals surface area contributed by atoms with Gasteiger partial charge < -0.3 is 9.47 Å². The largest absolute Gasteiger partial charge is 0.449 e. The molecule has 10 aromatic rings. The van der Waals surface area contributed by atoms with Crippen molar-refractivity contribution in [1.29, 1.82) is 0 Å². The third kappa shape index (κ3) is 5.53. The number of hydrogen-bond donors (Lipinski definition) is 0. The fourth-order valence-corrected chi connectivity index (χ4v) is 9.54. The number of para-hydroxylation sites is 1. The van der Waals surface area contributed by atoms with Gasteiger partial charge in [0.1, 0.15) is 0 Å². The maximum atomic E-state index is 7.29. The fourth-order valence-electron chi connectivity index (χ4n) is 9.54. The number of fused-ring (bicyclic) bond motifs is 7. The summed E-state index contributed by atoms with van der Waals surface area (Å²) in [7, 11) is 0. The Hall–Kier alpha value is -8.08. The maximum Gasteiger partial charge on any atom is 0.178 e. The predicted octanol–water partition coefficient (Wildman–Crippen LogP) is 14.6. The summed E-state index contributed by atoms with van der Waals surface area (Å²) < 4.78 is 14.1. The molecule has 0 unspecified atom stereocenters. The Bertz CT molecular complexity index is 3270. The molecule has 0 amide bonds. The summed E-state index contributed by atoms with van der Waals surface area (Å²) in [4.78, 5) is 10.4. The number of ether oxygens (including phenoxy) is 2. The molecule has 0 fully saturated rings. The van der Waals surface area contributed by atoms with Crippen LogP contribution in [0.5, 0.6) is 23.0 Å². The lowest BCUT2D eigenvalue weighted by molar-refractivity contribution is 0.361. The van der Waals surface area contributed by atoms with E-state index in [0.717, 1.165) is 61.3 Å². The molecule has 1 aliphatic carbocycles.